The number of hydrogen-bond donors (Lipinski definition) is 2. The van der Waals surface area contributed by atoms with E-state index in [-0.39, 0.29) is 0 Å². The summed E-state index contributed by atoms with van der Waals surface area (Å²) >= 11 is 5.75. The average molecular weight is 396 g/mol. The zero-order valence-electron chi connectivity index (χ0n) is 14.2. The highest BCUT2D eigenvalue weighted by Gasteiger charge is 2.22. The molecule has 0 bridgehead atoms. The minimum Gasteiger partial charge on any atom is -0.271 e. The molecule has 0 saturated carbocycles. The third-order valence-electron chi connectivity index (χ3n) is 3.49. The van der Waals surface area contributed by atoms with Crippen molar-refractivity contribution in [2.45, 2.75) is 6.92 Å². The van der Waals surface area contributed by atoms with E-state index < -0.39 is 28.4 Å². The first-order chi connectivity index (χ1) is 12.2. The van der Waals surface area contributed by atoms with E-state index in [1.54, 1.807) is 43.3 Å². The van der Waals surface area contributed by atoms with Gasteiger partial charge in [-0.15, -0.1) is 0 Å². The molecule has 0 saturated heterocycles. The summed E-state index contributed by atoms with van der Waals surface area (Å²) < 4.78 is 25.1. The molecule has 2 aromatic carbocycles. The minimum atomic E-state index is -3.69. The summed E-state index contributed by atoms with van der Waals surface area (Å²) in [5, 5.41) is 0.479. The molecule has 0 fully saturated rings. The van der Waals surface area contributed by atoms with Crippen LogP contribution in [0.25, 0.3) is 0 Å². The SMILES string of the molecule is Cc1ccccc1N(CC(=O)NNC(=O)c1ccc(Cl)cc1)S(C)(=O)=O. The monoisotopic (exact) mass is 395 g/mol. The van der Waals surface area contributed by atoms with E-state index in [2.05, 4.69) is 10.9 Å². The summed E-state index contributed by atoms with van der Waals surface area (Å²) in [5.74, 6) is -1.22. The first kappa shape index (κ1) is 19.7. The van der Waals surface area contributed by atoms with Gasteiger partial charge in [0.15, 0.2) is 0 Å². The number of carbonyl (C=O) groups excluding carboxylic acids is 2. The Morgan fingerprint density at radius 2 is 1.65 bits per heavy atom. The van der Waals surface area contributed by atoms with Gasteiger partial charge in [-0.1, -0.05) is 29.8 Å². The second-order valence-electron chi connectivity index (χ2n) is 5.57. The minimum absolute atomic E-state index is 0.300. The van der Waals surface area contributed by atoms with Crippen LogP contribution in [-0.2, 0) is 14.8 Å². The number of sulfonamides is 1. The van der Waals surface area contributed by atoms with Crippen molar-refractivity contribution >= 4 is 39.1 Å². The summed E-state index contributed by atoms with van der Waals surface area (Å²) in [5.41, 5.74) is 5.85. The van der Waals surface area contributed by atoms with Crippen molar-refractivity contribution in [1.82, 2.24) is 10.9 Å². The number of aryl methyl sites for hydroxylation is 1. The Morgan fingerprint density at radius 3 is 2.23 bits per heavy atom. The molecule has 2 rings (SSSR count). The number of carbonyl (C=O) groups is 2. The molecule has 0 aromatic heterocycles. The third kappa shape index (κ3) is 5.21. The molecule has 0 aliphatic carbocycles. The highest BCUT2D eigenvalue weighted by atomic mass is 35.5. The predicted molar refractivity (Wildman–Crippen MR) is 100 cm³/mol. The summed E-state index contributed by atoms with van der Waals surface area (Å²) in [6.45, 7) is 1.28. The van der Waals surface area contributed by atoms with E-state index >= 15 is 0 Å². The lowest BCUT2D eigenvalue weighted by Crippen LogP contribution is -2.47. The van der Waals surface area contributed by atoms with Crippen LogP contribution in [0.3, 0.4) is 0 Å². The second-order valence-corrected chi connectivity index (χ2v) is 7.91. The van der Waals surface area contributed by atoms with Crippen LogP contribution in [0, 0.1) is 6.92 Å². The van der Waals surface area contributed by atoms with Crippen LogP contribution in [0.1, 0.15) is 15.9 Å². The Kier molecular flexibility index (Phi) is 6.23. The average Bonchev–Trinajstić information content (AvgIpc) is 2.58. The maximum Gasteiger partial charge on any atom is 0.269 e. The van der Waals surface area contributed by atoms with Crippen molar-refractivity contribution in [2.24, 2.45) is 0 Å². The molecule has 0 aliphatic heterocycles. The molecule has 26 heavy (non-hydrogen) atoms. The van der Waals surface area contributed by atoms with Crippen LogP contribution in [0.2, 0.25) is 5.02 Å². The highest BCUT2D eigenvalue weighted by Crippen LogP contribution is 2.21. The molecule has 0 radical (unpaired) electrons. The quantitative estimate of drug-likeness (QED) is 0.755. The van der Waals surface area contributed by atoms with E-state index in [0.717, 1.165) is 10.6 Å². The van der Waals surface area contributed by atoms with Gasteiger partial charge in [-0.25, -0.2) is 8.42 Å². The number of rotatable bonds is 5. The van der Waals surface area contributed by atoms with Gasteiger partial charge in [0.2, 0.25) is 10.0 Å². The van der Waals surface area contributed by atoms with Crippen molar-refractivity contribution in [1.29, 1.82) is 0 Å². The van der Waals surface area contributed by atoms with Gasteiger partial charge in [0, 0.05) is 10.6 Å². The number of halogens is 1. The Labute approximate surface area is 157 Å². The summed E-state index contributed by atoms with van der Waals surface area (Å²) in [6.07, 6.45) is 1.01. The molecular weight excluding hydrogens is 378 g/mol. The van der Waals surface area contributed by atoms with Gasteiger partial charge in [-0.2, -0.15) is 0 Å². The fraction of sp³-hybridized carbons (Fsp3) is 0.176. The number of para-hydroxylation sites is 1. The van der Waals surface area contributed by atoms with Crippen molar-refractivity contribution in [3.63, 3.8) is 0 Å². The predicted octanol–water partition coefficient (Wildman–Crippen LogP) is 1.88. The molecule has 138 valence electrons. The molecule has 7 nitrogen and oxygen atoms in total. The van der Waals surface area contributed by atoms with E-state index in [0.29, 0.717) is 21.8 Å². The lowest BCUT2D eigenvalue weighted by atomic mass is 10.2. The molecule has 2 amide bonds. The van der Waals surface area contributed by atoms with Crippen molar-refractivity contribution in [3.8, 4) is 0 Å². The number of nitrogens with one attached hydrogen (secondary N) is 2. The fourth-order valence-corrected chi connectivity index (χ4v) is 3.23. The lowest BCUT2D eigenvalue weighted by Gasteiger charge is -2.23. The van der Waals surface area contributed by atoms with Gasteiger partial charge < -0.3 is 0 Å². The number of benzene rings is 2. The van der Waals surface area contributed by atoms with Crippen LogP contribution in [0.4, 0.5) is 5.69 Å². The van der Waals surface area contributed by atoms with Gasteiger partial charge in [0.1, 0.15) is 6.54 Å². The molecule has 0 heterocycles. The normalized spacial score (nSPS) is 10.9. The van der Waals surface area contributed by atoms with Crippen LogP contribution in [-0.4, -0.2) is 33.0 Å². The maximum absolute atomic E-state index is 12.1. The largest absolute Gasteiger partial charge is 0.271 e. The number of anilines is 1. The van der Waals surface area contributed by atoms with Crippen molar-refractivity contribution < 1.29 is 18.0 Å². The Morgan fingerprint density at radius 1 is 1.04 bits per heavy atom. The van der Waals surface area contributed by atoms with Crippen LogP contribution < -0.4 is 15.2 Å². The smallest absolute Gasteiger partial charge is 0.269 e. The number of nitrogens with zero attached hydrogens (tertiary/aromatic N) is 1. The van der Waals surface area contributed by atoms with E-state index in [4.69, 9.17) is 11.6 Å². The maximum atomic E-state index is 12.1. The van der Waals surface area contributed by atoms with Gasteiger partial charge in [-0.05, 0) is 42.8 Å². The van der Waals surface area contributed by atoms with Crippen LogP contribution in [0.5, 0.6) is 0 Å². The number of hydrazine groups is 1. The third-order valence-corrected chi connectivity index (χ3v) is 4.87. The topological polar surface area (TPSA) is 95.6 Å². The molecule has 0 unspecified atom stereocenters. The number of hydrogen-bond acceptors (Lipinski definition) is 4. The first-order valence-electron chi connectivity index (χ1n) is 7.56. The highest BCUT2D eigenvalue weighted by molar-refractivity contribution is 7.92. The van der Waals surface area contributed by atoms with Crippen molar-refractivity contribution in [3.05, 3.63) is 64.7 Å². The Balaban J connectivity index is 2.05. The Hall–Kier alpha value is -2.58. The lowest BCUT2D eigenvalue weighted by molar-refractivity contribution is -0.120. The molecular formula is C17H18ClN3O4S. The second kappa shape index (κ2) is 8.20. The molecule has 9 heteroatoms. The van der Waals surface area contributed by atoms with Gasteiger partial charge in [0.05, 0.1) is 11.9 Å². The zero-order chi connectivity index (χ0) is 19.3. The standard InChI is InChI=1S/C17H18ClN3O4S/c1-12-5-3-4-6-15(12)21(26(2,24)25)11-16(22)19-20-17(23)13-7-9-14(18)10-8-13/h3-10H,11H2,1-2H3,(H,19,22)(H,20,23). The van der Waals surface area contributed by atoms with Gasteiger partial charge in [-0.3, -0.25) is 24.7 Å². The summed E-state index contributed by atoms with van der Waals surface area (Å²) in [7, 11) is -3.69. The Bertz CT molecular complexity index is 914. The molecule has 0 spiro atoms. The van der Waals surface area contributed by atoms with E-state index in [1.807, 2.05) is 0 Å². The molecule has 2 N–H and O–H groups in total. The molecule has 0 aliphatic rings. The van der Waals surface area contributed by atoms with E-state index in [1.165, 1.54) is 12.1 Å². The molecule has 2 aromatic rings. The summed E-state index contributed by atoms with van der Waals surface area (Å²) in [4.78, 5) is 24.1. The molecule has 0 atom stereocenters. The number of amides is 2. The zero-order valence-corrected chi connectivity index (χ0v) is 15.8. The van der Waals surface area contributed by atoms with Gasteiger partial charge >= 0.3 is 0 Å². The fourth-order valence-electron chi connectivity index (χ4n) is 2.19. The van der Waals surface area contributed by atoms with E-state index in [9.17, 15) is 18.0 Å². The first-order valence-corrected chi connectivity index (χ1v) is 9.79. The van der Waals surface area contributed by atoms with Crippen LogP contribution >= 0.6 is 11.6 Å². The summed E-state index contributed by atoms with van der Waals surface area (Å²) in [6, 6.07) is 12.9. The van der Waals surface area contributed by atoms with Crippen LogP contribution in [0.15, 0.2) is 48.5 Å². The van der Waals surface area contributed by atoms with Crippen molar-refractivity contribution in [2.75, 3.05) is 17.1 Å². The van der Waals surface area contributed by atoms with Gasteiger partial charge in [0.25, 0.3) is 11.8 Å².